The maximum Gasteiger partial charge on any atom is 0.326 e. The third-order valence-electron chi connectivity index (χ3n) is 6.79. The van der Waals surface area contributed by atoms with E-state index in [1.807, 2.05) is 61.5 Å². The molecule has 7 nitrogen and oxygen atoms in total. The van der Waals surface area contributed by atoms with Crippen LogP contribution in [0, 0.1) is 0 Å². The van der Waals surface area contributed by atoms with E-state index in [-0.39, 0.29) is 28.7 Å². The third-order valence-corrected chi connectivity index (χ3v) is 6.79. The van der Waals surface area contributed by atoms with Crippen LogP contribution in [-0.4, -0.2) is 38.9 Å². The number of amides is 2. The molecule has 4 N–H and O–H groups in total. The van der Waals surface area contributed by atoms with Crippen molar-refractivity contribution in [3.8, 4) is 5.75 Å². The number of aliphatic carboxylic acids is 1. The van der Waals surface area contributed by atoms with E-state index < -0.39 is 29.9 Å². The Kier molecular flexibility index (Phi) is 16.6. The van der Waals surface area contributed by atoms with Gasteiger partial charge in [0.2, 0.25) is 5.91 Å². The molecule has 3 rings (SSSR count). The van der Waals surface area contributed by atoms with Crippen molar-refractivity contribution >= 4 is 17.8 Å². The molecule has 2 unspecified atom stereocenters. The summed E-state index contributed by atoms with van der Waals surface area (Å²) in [6, 6.07) is 9.36. The molecule has 0 spiro atoms. The predicted molar refractivity (Wildman–Crippen MR) is 177 cm³/mol. The molecule has 2 aromatic rings. The minimum Gasteiger partial charge on any atom is -0.508 e. The number of hydrogen-bond acceptors (Lipinski definition) is 4. The van der Waals surface area contributed by atoms with E-state index in [1.54, 1.807) is 36.4 Å². The van der Waals surface area contributed by atoms with Gasteiger partial charge in [0, 0.05) is 6.42 Å². The van der Waals surface area contributed by atoms with Crippen LogP contribution in [0.2, 0.25) is 0 Å². The van der Waals surface area contributed by atoms with Crippen molar-refractivity contribution in [2.45, 2.75) is 99.1 Å². The molecule has 0 fully saturated rings. The minimum atomic E-state index is -1.18. The van der Waals surface area contributed by atoms with Gasteiger partial charge in [-0.1, -0.05) is 91.3 Å². The van der Waals surface area contributed by atoms with Crippen molar-refractivity contribution in [3.63, 3.8) is 0 Å². The van der Waals surface area contributed by atoms with Gasteiger partial charge in [0.05, 0.1) is 17.2 Å². The van der Waals surface area contributed by atoms with E-state index >= 15 is 0 Å². The SMILES string of the molecule is C=CCC.C=CCC1=C(C)C(c2cccc(O)c2)N(C(=O)c2ccc(C(C)(C)C)cc2C(N)=O)C(C(=O)O)C1.CC.CC. The number of nitrogens with two attached hydrogens (primary N) is 1. The fraction of sp³-hybridized carbons (Fsp3) is 0.417. The Bertz CT molecular complexity index is 1290. The van der Waals surface area contributed by atoms with E-state index in [0.29, 0.717) is 12.0 Å². The van der Waals surface area contributed by atoms with Crippen molar-refractivity contribution in [2.75, 3.05) is 0 Å². The molecule has 0 radical (unpaired) electrons. The summed E-state index contributed by atoms with van der Waals surface area (Å²) in [4.78, 5) is 40.1. The number of benzene rings is 2. The van der Waals surface area contributed by atoms with Crippen molar-refractivity contribution in [2.24, 2.45) is 5.73 Å². The summed E-state index contributed by atoms with van der Waals surface area (Å²) >= 11 is 0. The lowest BCUT2D eigenvalue weighted by Gasteiger charge is -2.42. The van der Waals surface area contributed by atoms with Crippen LogP contribution in [0.3, 0.4) is 0 Å². The summed E-state index contributed by atoms with van der Waals surface area (Å²) < 4.78 is 0. The zero-order valence-electron chi connectivity index (χ0n) is 27.5. The molecule has 2 amide bonds. The van der Waals surface area contributed by atoms with Crippen LogP contribution in [0.1, 0.15) is 119 Å². The molecule has 43 heavy (non-hydrogen) atoms. The molecule has 7 heteroatoms. The quantitative estimate of drug-likeness (QED) is 0.279. The number of rotatable bonds is 7. The summed E-state index contributed by atoms with van der Waals surface area (Å²) in [5.41, 5.74) is 8.51. The summed E-state index contributed by atoms with van der Waals surface area (Å²) in [5.74, 6) is -2.55. The average Bonchev–Trinajstić information content (AvgIpc) is 2.98. The van der Waals surface area contributed by atoms with Gasteiger partial charge in [-0.15, -0.1) is 13.2 Å². The van der Waals surface area contributed by atoms with Crippen LogP contribution in [0.4, 0.5) is 0 Å². The fourth-order valence-electron chi connectivity index (χ4n) is 4.60. The first-order valence-corrected chi connectivity index (χ1v) is 15.0. The molecule has 0 bridgehead atoms. The maximum atomic E-state index is 14.0. The first-order valence-electron chi connectivity index (χ1n) is 15.0. The highest BCUT2D eigenvalue weighted by Crippen LogP contribution is 2.42. The Morgan fingerprint density at radius 3 is 2.02 bits per heavy atom. The van der Waals surface area contributed by atoms with Crippen LogP contribution in [0.15, 0.2) is 78.9 Å². The van der Waals surface area contributed by atoms with Gasteiger partial charge in [-0.05, 0) is 66.1 Å². The van der Waals surface area contributed by atoms with Crippen LogP contribution < -0.4 is 5.73 Å². The first-order chi connectivity index (χ1) is 20.3. The zero-order valence-corrected chi connectivity index (χ0v) is 27.5. The predicted octanol–water partition coefficient (Wildman–Crippen LogP) is 8.36. The van der Waals surface area contributed by atoms with Crippen molar-refractivity contribution in [1.82, 2.24) is 4.90 Å². The molecule has 1 aliphatic heterocycles. The highest BCUT2D eigenvalue weighted by Gasteiger charge is 2.42. The number of allylic oxidation sites excluding steroid dienone is 2. The first kappa shape index (κ1) is 38.9. The van der Waals surface area contributed by atoms with Gasteiger partial charge in [0.25, 0.3) is 5.91 Å². The average molecular weight is 593 g/mol. The molecule has 236 valence electrons. The van der Waals surface area contributed by atoms with Crippen LogP contribution >= 0.6 is 0 Å². The molecule has 0 saturated heterocycles. The second-order valence-corrected chi connectivity index (χ2v) is 10.6. The van der Waals surface area contributed by atoms with E-state index in [0.717, 1.165) is 23.1 Å². The number of carboxylic acid groups (broad SMARTS) is 1. The third kappa shape index (κ3) is 10.3. The van der Waals surface area contributed by atoms with Crippen molar-refractivity contribution in [1.29, 1.82) is 0 Å². The van der Waals surface area contributed by atoms with Gasteiger partial charge >= 0.3 is 5.97 Å². The standard InChI is InChI=1S/C28H32N2O5.C4H8.2C2H6/c1-6-8-17-14-23(27(34)35)30(24(16(17)2)18-9-7-10-20(31)13-18)26(33)21-12-11-19(28(3,4)5)15-22(21)25(29)32;1-3-4-2;2*1-2/h6-7,9-13,15,23-24,31H,1,8,14H2,2-5H3,(H2,29,32)(H,34,35);3H,1,4H2,2H3;2*1-2H3. The lowest BCUT2D eigenvalue weighted by Crippen LogP contribution is -2.50. The molecule has 1 heterocycles. The number of carbonyl (C=O) groups excluding carboxylic acids is 2. The number of carbonyl (C=O) groups is 3. The number of hydrogen-bond donors (Lipinski definition) is 3. The topological polar surface area (TPSA) is 121 Å². The molecule has 2 atom stereocenters. The van der Waals surface area contributed by atoms with Crippen molar-refractivity contribution < 1.29 is 24.6 Å². The van der Waals surface area contributed by atoms with E-state index in [1.165, 1.54) is 17.0 Å². The molecular weight excluding hydrogens is 540 g/mol. The lowest BCUT2D eigenvalue weighted by molar-refractivity contribution is -0.143. The number of phenols is 1. The molecule has 0 saturated carbocycles. The molecule has 0 aliphatic carbocycles. The van der Waals surface area contributed by atoms with Gasteiger partial charge in [0.1, 0.15) is 11.8 Å². The smallest absolute Gasteiger partial charge is 0.326 e. The van der Waals surface area contributed by atoms with Gasteiger partial charge in [-0.3, -0.25) is 9.59 Å². The van der Waals surface area contributed by atoms with Gasteiger partial charge in [-0.25, -0.2) is 4.79 Å². The summed E-state index contributed by atoms with van der Waals surface area (Å²) in [6.07, 6.45) is 5.26. The Hall–Kier alpha value is -4.13. The van der Waals surface area contributed by atoms with Gasteiger partial charge < -0.3 is 20.8 Å². The minimum absolute atomic E-state index is 0.00206. The summed E-state index contributed by atoms with van der Waals surface area (Å²) in [5, 5.41) is 20.3. The Morgan fingerprint density at radius 2 is 1.58 bits per heavy atom. The molecule has 0 aromatic heterocycles. The number of aromatic hydroxyl groups is 1. The Balaban J connectivity index is 0.00000200. The van der Waals surface area contributed by atoms with Gasteiger partial charge in [-0.2, -0.15) is 0 Å². The maximum absolute atomic E-state index is 14.0. The highest BCUT2D eigenvalue weighted by molar-refractivity contribution is 6.08. The second-order valence-electron chi connectivity index (χ2n) is 10.6. The highest BCUT2D eigenvalue weighted by atomic mass is 16.4. The van der Waals surface area contributed by atoms with E-state index in [9.17, 15) is 24.6 Å². The van der Waals surface area contributed by atoms with Crippen molar-refractivity contribution in [3.05, 3.63) is 101 Å². The van der Waals surface area contributed by atoms with Crippen LogP contribution in [0.5, 0.6) is 5.75 Å². The van der Waals surface area contributed by atoms with Crippen LogP contribution in [-0.2, 0) is 10.2 Å². The van der Waals surface area contributed by atoms with Gasteiger partial charge in [0.15, 0.2) is 0 Å². The zero-order chi connectivity index (χ0) is 33.5. The Morgan fingerprint density at radius 1 is 1.00 bits per heavy atom. The number of carboxylic acids is 1. The summed E-state index contributed by atoms with van der Waals surface area (Å²) in [7, 11) is 0. The normalized spacial score (nSPS) is 15.8. The number of primary amides is 1. The van der Waals surface area contributed by atoms with E-state index in [4.69, 9.17) is 5.73 Å². The molecule has 2 aromatic carbocycles. The Labute approximate surface area is 258 Å². The number of phenolic OH excluding ortho intramolecular Hbond substituents is 1. The van der Waals surface area contributed by atoms with E-state index in [2.05, 4.69) is 20.1 Å². The molecular formula is C36H52N2O5. The monoisotopic (exact) mass is 592 g/mol. The fourth-order valence-corrected chi connectivity index (χ4v) is 4.60. The number of nitrogens with zero attached hydrogens (tertiary/aromatic N) is 1. The van der Waals surface area contributed by atoms with Crippen LogP contribution in [0.25, 0.3) is 0 Å². The largest absolute Gasteiger partial charge is 0.508 e. The molecule has 1 aliphatic rings. The lowest BCUT2D eigenvalue weighted by atomic mass is 9.82. The summed E-state index contributed by atoms with van der Waals surface area (Å²) in [6.45, 7) is 25.1. The second kappa shape index (κ2) is 18.4.